The third kappa shape index (κ3) is 6.66. The fourth-order valence-corrected chi connectivity index (χ4v) is 4.86. The van der Waals surface area contributed by atoms with Crippen LogP contribution in [0.4, 0.5) is 5.69 Å². The number of esters is 1. The van der Waals surface area contributed by atoms with E-state index in [0.29, 0.717) is 11.6 Å². The molecule has 1 heterocycles. The van der Waals surface area contributed by atoms with Gasteiger partial charge in [-0.05, 0) is 86.9 Å². The second kappa shape index (κ2) is 12.0. The highest BCUT2D eigenvalue weighted by Crippen LogP contribution is 2.34. The van der Waals surface area contributed by atoms with Crippen molar-refractivity contribution in [3.8, 4) is 0 Å². The number of nitrogens with one attached hydrogen (secondary N) is 1. The van der Waals surface area contributed by atoms with Crippen molar-refractivity contribution in [3.05, 3.63) is 57.9 Å². The molecule has 1 fully saturated rings. The molecule has 178 valence electrons. The summed E-state index contributed by atoms with van der Waals surface area (Å²) in [6.07, 6.45) is 10.7. The number of carbonyl (C=O) groups excluding carboxylic acids is 2. The number of ether oxygens (including phenoxy) is 1. The molecular formula is C28H38N2O3. The zero-order valence-corrected chi connectivity index (χ0v) is 20.6. The van der Waals surface area contributed by atoms with E-state index in [0.717, 1.165) is 29.7 Å². The molecular weight excluding hydrogens is 412 g/mol. The molecule has 1 aliphatic rings. The first kappa shape index (κ1) is 24.9. The number of rotatable bonds is 8. The van der Waals surface area contributed by atoms with Gasteiger partial charge in [-0.2, -0.15) is 0 Å². The van der Waals surface area contributed by atoms with Crippen molar-refractivity contribution in [3.63, 3.8) is 0 Å². The van der Waals surface area contributed by atoms with Crippen molar-refractivity contribution < 1.29 is 14.3 Å². The third-order valence-electron chi connectivity index (χ3n) is 6.63. The molecule has 0 spiro atoms. The highest BCUT2D eigenvalue weighted by Gasteiger charge is 2.21. The first-order valence-corrected chi connectivity index (χ1v) is 12.5. The predicted molar refractivity (Wildman–Crippen MR) is 133 cm³/mol. The average molecular weight is 451 g/mol. The largest absolute Gasteiger partial charge is 0.459 e. The number of aryl methyl sites for hydroxylation is 3. The minimum atomic E-state index is -0.862. The van der Waals surface area contributed by atoms with Crippen molar-refractivity contribution in [2.45, 2.75) is 91.4 Å². The van der Waals surface area contributed by atoms with Crippen LogP contribution in [0.15, 0.2) is 24.3 Å². The summed E-state index contributed by atoms with van der Waals surface area (Å²) in [5.41, 5.74) is 7.83. The lowest BCUT2D eigenvalue weighted by atomic mass is 9.84. The van der Waals surface area contributed by atoms with Gasteiger partial charge in [0.05, 0.1) is 6.61 Å². The molecule has 0 bridgehead atoms. The van der Waals surface area contributed by atoms with Crippen LogP contribution in [-0.2, 0) is 27.2 Å². The first-order valence-electron chi connectivity index (χ1n) is 12.5. The van der Waals surface area contributed by atoms with Crippen LogP contribution in [0.25, 0.3) is 0 Å². The normalized spacial score (nSPS) is 14.2. The van der Waals surface area contributed by atoms with Gasteiger partial charge in [0.25, 0.3) is 0 Å². The number of pyridine rings is 1. The van der Waals surface area contributed by atoms with Gasteiger partial charge in [0.1, 0.15) is 0 Å². The Morgan fingerprint density at radius 2 is 1.76 bits per heavy atom. The Morgan fingerprint density at radius 3 is 2.39 bits per heavy atom. The Kier molecular flexibility index (Phi) is 9.04. The molecule has 0 aliphatic heterocycles. The Hall–Kier alpha value is -2.69. The van der Waals surface area contributed by atoms with Crippen molar-refractivity contribution >= 4 is 17.6 Å². The second-order valence-electron chi connectivity index (χ2n) is 9.23. The molecule has 33 heavy (non-hydrogen) atoms. The fraction of sp³-hybridized carbons (Fsp3) is 0.536. The van der Waals surface area contributed by atoms with Gasteiger partial charge in [-0.15, -0.1) is 0 Å². The Balaban J connectivity index is 1.81. The number of hydrogen-bond donors (Lipinski definition) is 1. The maximum absolute atomic E-state index is 12.0. The van der Waals surface area contributed by atoms with Crippen LogP contribution < -0.4 is 5.32 Å². The van der Waals surface area contributed by atoms with Crippen molar-refractivity contribution in [1.29, 1.82) is 0 Å². The van der Waals surface area contributed by atoms with Gasteiger partial charge in [0.15, 0.2) is 0 Å². The van der Waals surface area contributed by atoms with Crippen molar-refractivity contribution in [2.75, 3.05) is 11.9 Å². The smallest absolute Gasteiger partial charge is 0.397 e. The Morgan fingerprint density at radius 1 is 1.06 bits per heavy atom. The van der Waals surface area contributed by atoms with E-state index in [1.807, 2.05) is 26.0 Å². The number of hydrogen-bond acceptors (Lipinski definition) is 4. The number of unbranched alkanes of at least 4 members (excludes halogenated alkanes) is 1. The lowest BCUT2D eigenvalue weighted by Gasteiger charge is -2.24. The highest BCUT2D eigenvalue weighted by atomic mass is 16.5. The maximum atomic E-state index is 12.0. The summed E-state index contributed by atoms with van der Waals surface area (Å²) in [5.74, 6) is -1.02. The summed E-state index contributed by atoms with van der Waals surface area (Å²) in [6.45, 7) is 8.18. The van der Waals surface area contributed by atoms with E-state index in [-0.39, 0.29) is 6.61 Å². The summed E-state index contributed by atoms with van der Waals surface area (Å²) in [7, 11) is 0. The van der Waals surface area contributed by atoms with Crippen LogP contribution in [0.5, 0.6) is 0 Å². The molecule has 1 aromatic carbocycles. The van der Waals surface area contributed by atoms with E-state index in [1.54, 1.807) is 6.92 Å². The zero-order valence-electron chi connectivity index (χ0n) is 20.6. The van der Waals surface area contributed by atoms with Gasteiger partial charge in [0, 0.05) is 29.4 Å². The molecule has 1 aromatic heterocycles. The molecule has 1 amide bonds. The molecule has 0 unspecified atom stereocenters. The number of benzene rings is 1. The summed E-state index contributed by atoms with van der Waals surface area (Å²) in [6, 6.07) is 8.32. The van der Waals surface area contributed by atoms with E-state index in [2.05, 4.69) is 24.4 Å². The Labute approximate surface area is 198 Å². The van der Waals surface area contributed by atoms with Gasteiger partial charge in [-0.3, -0.25) is 9.78 Å². The quantitative estimate of drug-likeness (QED) is 0.385. The van der Waals surface area contributed by atoms with E-state index in [4.69, 9.17) is 9.72 Å². The van der Waals surface area contributed by atoms with E-state index in [9.17, 15) is 9.59 Å². The number of amides is 1. The van der Waals surface area contributed by atoms with Crippen LogP contribution in [0.2, 0.25) is 0 Å². The zero-order chi connectivity index (χ0) is 23.8. The molecule has 0 atom stereocenters. The lowest BCUT2D eigenvalue weighted by Crippen LogP contribution is -2.25. The van der Waals surface area contributed by atoms with Crippen molar-refractivity contribution in [2.24, 2.45) is 0 Å². The lowest BCUT2D eigenvalue weighted by molar-refractivity contribution is -0.152. The van der Waals surface area contributed by atoms with E-state index < -0.39 is 11.9 Å². The molecule has 3 rings (SSSR count). The van der Waals surface area contributed by atoms with Gasteiger partial charge < -0.3 is 10.1 Å². The number of carbonyl (C=O) groups is 2. The molecule has 0 saturated heterocycles. The Bertz CT molecular complexity index is 954. The van der Waals surface area contributed by atoms with Crippen LogP contribution >= 0.6 is 0 Å². The van der Waals surface area contributed by atoms with Crippen LogP contribution in [0, 0.1) is 13.8 Å². The summed E-state index contributed by atoms with van der Waals surface area (Å²) >= 11 is 0. The average Bonchev–Trinajstić information content (AvgIpc) is 2.81. The standard InChI is InChI=1S/C28H38N2O3/c1-5-7-11-22-14-15-23(29-26(22)21-12-9-8-10-13-21)18-25-19(3)16-24(17-20(25)4)30-27(31)28(32)33-6-2/h14-17,21H,5-13,18H2,1-4H3,(H,30,31). The summed E-state index contributed by atoms with van der Waals surface area (Å²) in [5, 5.41) is 2.65. The minimum absolute atomic E-state index is 0.177. The third-order valence-corrected chi connectivity index (χ3v) is 6.63. The fourth-order valence-electron chi connectivity index (χ4n) is 4.86. The predicted octanol–water partition coefficient (Wildman–Crippen LogP) is 6.18. The van der Waals surface area contributed by atoms with E-state index in [1.165, 1.54) is 61.8 Å². The topological polar surface area (TPSA) is 68.3 Å². The molecule has 0 radical (unpaired) electrons. The van der Waals surface area contributed by atoms with Gasteiger partial charge in [0.2, 0.25) is 0 Å². The second-order valence-corrected chi connectivity index (χ2v) is 9.23. The minimum Gasteiger partial charge on any atom is -0.459 e. The summed E-state index contributed by atoms with van der Waals surface area (Å²) in [4.78, 5) is 28.8. The number of anilines is 1. The van der Waals surface area contributed by atoms with Crippen LogP contribution in [0.3, 0.4) is 0 Å². The van der Waals surface area contributed by atoms with Gasteiger partial charge in [-0.25, -0.2) is 4.79 Å². The van der Waals surface area contributed by atoms with Crippen molar-refractivity contribution in [1.82, 2.24) is 4.98 Å². The molecule has 2 aromatic rings. The van der Waals surface area contributed by atoms with E-state index >= 15 is 0 Å². The van der Waals surface area contributed by atoms with Crippen LogP contribution in [-0.4, -0.2) is 23.5 Å². The van der Waals surface area contributed by atoms with Gasteiger partial charge in [-0.1, -0.05) is 38.7 Å². The highest BCUT2D eigenvalue weighted by molar-refractivity contribution is 6.37. The number of nitrogens with zero attached hydrogens (tertiary/aromatic N) is 1. The SMILES string of the molecule is CCCCc1ccc(Cc2c(C)cc(NC(=O)C(=O)OCC)cc2C)nc1C1CCCCC1. The summed E-state index contributed by atoms with van der Waals surface area (Å²) < 4.78 is 4.78. The monoisotopic (exact) mass is 450 g/mol. The molecule has 1 N–H and O–H groups in total. The molecule has 1 aliphatic carbocycles. The van der Waals surface area contributed by atoms with Crippen LogP contribution in [0.1, 0.15) is 98.4 Å². The molecule has 5 heteroatoms. The molecule has 5 nitrogen and oxygen atoms in total. The van der Waals surface area contributed by atoms with Gasteiger partial charge >= 0.3 is 11.9 Å². The first-order chi connectivity index (χ1) is 15.9. The molecule has 1 saturated carbocycles. The maximum Gasteiger partial charge on any atom is 0.397 e. The number of aromatic nitrogens is 1.